The molecule has 0 spiro atoms. The highest BCUT2D eigenvalue weighted by atomic mass is 16.5. The summed E-state index contributed by atoms with van der Waals surface area (Å²) in [4.78, 5) is 3.94. The van der Waals surface area contributed by atoms with Crippen LogP contribution < -0.4 is 19.3 Å². The normalized spacial score (nSPS) is 14.4. The quantitative estimate of drug-likeness (QED) is 0.765. The third kappa shape index (κ3) is 5.68. The average molecular weight is 394 g/mol. The predicted octanol–water partition coefficient (Wildman–Crippen LogP) is 2.91. The van der Waals surface area contributed by atoms with Crippen LogP contribution in [-0.4, -0.2) is 46.4 Å². The summed E-state index contributed by atoms with van der Waals surface area (Å²) in [7, 11) is 1.73. The molecule has 0 amide bonds. The number of piperazine rings is 1. The average Bonchev–Trinajstić information content (AvgIpc) is 2.74. The largest absolute Gasteiger partial charge is 0.495 e. The molecule has 0 aliphatic carbocycles. The van der Waals surface area contributed by atoms with Crippen molar-refractivity contribution in [1.82, 2.24) is 0 Å². The molecular weight excluding hydrogens is 360 g/mol. The fourth-order valence-electron chi connectivity index (χ4n) is 3.73. The lowest BCUT2D eigenvalue weighted by atomic mass is 10.0. The van der Waals surface area contributed by atoms with Gasteiger partial charge in [-0.2, -0.15) is 0 Å². The molecule has 0 saturated carbocycles. The number of benzene rings is 2. The Morgan fingerprint density at radius 3 is 2.52 bits per heavy atom. The molecule has 3 rings (SSSR count). The number of hydrogen-bond donors (Lipinski definition) is 1. The highest BCUT2D eigenvalue weighted by Gasteiger charge is 2.21. The van der Waals surface area contributed by atoms with Gasteiger partial charge in [-0.05, 0) is 48.1 Å². The van der Waals surface area contributed by atoms with Crippen molar-refractivity contribution in [1.29, 1.82) is 0 Å². The van der Waals surface area contributed by atoms with E-state index < -0.39 is 0 Å². The summed E-state index contributed by atoms with van der Waals surface area (Å²) >= 11 is 0. The van der Waals surface area contributed by atoms with Crippen LogP contribution in [0.4, 0.5) is 5.69 Å². The standard InChI is InChI=1S/C25H32N2O2/c1-20(2)22-12-11-21(3)19-25(22)29-18-8-7-13-26-14-16-27(17-15-26)23-9-5-6-10-24(23)28-4/h5-6,9-12,19-20H,13-18H2,1-4H3/p+1. The lowest BCUT2D eigenvalue weighted by Crippen LogP contribution is -3.14. The first-order valence-corrected chi connectivity index (χ1v) is 10.5. The van der Waals surface area contributed by atoms with E-state index in [-0.39, 0.29) is 0 Å². The number of hydrogen-bond acceptors (Lipinski definition) is 3. The molecule has 0 radical (unpaired) electrons. The first kappa shape index (κ1) is 21.1. The molecule has 4 nitrogen and oxygen atoms in total. The van der Waals surface area contributed by atoms with Crippen LogP contribution in [0.3, 0.4) is 0 Å². The van der Waals surface area contributed by atoms with Gasteiger partial charge in [-0.15, -0.1) is 0 Å². The number of methoxy groups -OCH3 is 1. The molecule has 4 heteroatoms. The summed E-state index contributed by atoms with van der Waals surface area (Å²) in [5.74, 6) is 8.87. The molecule has 29 heavy (non-hydrogen) atoms. The van der Waals surface area contributed by atoms with Gasteiger partial charge in [0.2, 0.25) is 0 Å². The number of quaternary nitrogens is 1. The SMILES string of the molecule is COc1ccccc1N1CC[NH+](CC#CCOc2cc(C)ccc2C(C)C)CC1. The molecule has 1 heterocycles. The second kappa shape index (κ2) is 10.2. The van der Waals surface area contributed by atoms with Crippen molar-refractivity contribution in [2.75, 3.05) is 51.3 Å². The zero-order chi connectivity index (χ0) is 20.6. The third-order valence-corrected chi connectivity index (χ3v) is 5.45. The van der Waals surface area contributed by atoms with E-state index in [2.05, 4.69) is 67.8 Å². The first-order valence-electron chi connectivity index (χ1n) is 10.5. The fourth-order valence-corrected chi connectivity index (χ4v) is 3.73. The summed E-state index contributed by atoms with van der Waals surface area (Å²) in [6.07, 6.45) is 0. The number of anilines is 1. The number of nitrogens with one attached hydrogen (secondary N) is 1. The Kier molecular flexibility index (Phi) is 7.43. The summed E-state index contributed by atoms with van der Waals surface area (Å²) < 4.78 is 11.5. The van der Waals surface area contributed by atoms with Crippen molar-refractivity contribution in [2.24, 2.45) is 0 Å². The van der Waals surface area contributed by atoms with Crippen LogP contribution >= 0.6 is 0 Å². The van der Waals surface area contributed by atoms with Gasteiger partial charge in [0.15, 0.2) is 0 Å². The van der Waals surface area contributed by atoms with Gasteiger partial charge in [0, 0.05) is 0 Å². The first-order chi connectivity index (χ1) is 14.1. The van der Waals surface area contributed by atoms with Crippen molar-refractivity contribution in [2.45, 2.75) is 26.7 Å². The van der Waals surface area contributed by atoms with Crippen molar-refractivity contribution >= 4 is 5.69 Å². The van der Waals surface area contributed by atoms with Crippen molar-refractivity contribution in [3.8, 4) is 23.3 Å². The topological polar surface area (TPSA) is 26.1 Å². The highest BCUT2D eigenvalue weighted by Crippen LogP contribution is 2.28. The van der Waals surface area contributed by atoms with E-state index in [9.17, 15) is 0 Å². The Morgan fingerprint density at radius 1 is 1.03 bits per heavy atom. The molecule has 0 atom stereocenters. The van der Waals surface area contributed by atoms with E-state index in [0.29, 0.717) is 12.5 Å². The molecule has 1 aliphatic rings. The zero-order valence-corrected chi connectivity index (χ0v) is 18.1. The van der Waals surface area contributed by atoms with Crippen molar-refractivity contribution < 1.29 is 14.4 Å². The number of ether oxygens (including phenoxy) is 2. The monoisotopic (exact) mass is 393 g/mol. The molecule has 1 saturated heterocycles. The lowest BCUT2D eigenvalue weighted by Gasteiger charge is -2.33. The number of rotatable bonds is 6. The van der Waals surface area contributed by atoms with Crippen LogP contribution in [0.2, 0.25) is 0 Å². The highest BCUT2D eigenvalue weighted by molar-refractivity contribution is 5.58. The molecule has 2 aromatic carbocycles. The van der Waals surface area contributed by atoms with E-state index in [4.69, 9.17) is 9.47 Å². The van der Waals surface area contributed by atoms with Crippen LogP contribution in [0, 0.1) is 18.8 Å². The van der Waals surface area contributed by atoms with Gasteiger partial charge in [0.25, 0.3) is 0 Å². The second-order valence-corrected chi connectivity index (χ2v) is 7.92. The van der Waals surface area contributed by atoms with Crippen molar-refractivity contribution in [3.63, 3.8) is 0 Å². The minimum Gasteiger partial charge on any atom is -0.495 e. The van der Waals surface area contributed by atoms with Gasteiger partial charge >= 0.3 is 0 Å². The second-order valence-electron chi connectivity index (χ2n) is 7.92. The van der Waals surface area contributed by atoms with Gasteiger partial charge in [-0.3, -0.25) is 0 Å². The molecule has 154 valence electrons. The Labute approximate surface area is 175 Å². The summed E-state index contributed by atoms with van der Waals surface area (Å²) in [6.45, 7) is 12.0. The molecular formula is C25H33N2O2+. The zero-order valence-electron chi connectivity index (χ0n) is 18.1. The minimum absolute atomic E-state index is 0.447. The lowest BCUT2D eigenvalue weighted by molar-refractivity contribution is -0.893. The Bertz CT molecular complexity index is 859. The van der Waals surface area contributed by atoms with Gasteiger partial charge in [-0.25, -0.2) is 0 Å². The van der Waals surface area contributed by atoms with Crippen LogP contribution in [0.15, 0.2) is 42.5 Å². The summed E-state index contributed by atoms with van der Waals surface area (Å²) in [6, 6.07) is 14.7. The Morgan fingerprint density at radius 2 is 1.79 bits per heavy atom. The summed E-state index contributed by atoms with van der Waals surface area (Å²) in [5, 5.41) is 0. The van der Waals surface area contributed by atoms with Crippen LogP contribution in [0.5, 0.6) is 11.5 Å². The molecule has 0 unspecified atom stereocenters. The van der Waals surface area contributed by atoms with Crippen LogP contribution in [-0.2, 0) is 0 Å². The van der Waals surface area contributed by atoms with Crippen LogP contribution in [0.1, 0.15) is 30.9 Å². The number of para-hydroxylation sites is 2. The predicted molar refractivity (Wildman–Crippen MR) is 119 cm³/mol. The van der Waals surface area contributed by atoms with E-state index >= 15 is 0 Å². The van der Waals surface area contributed by atoms with E-state index in [1.165, 1.54) is 21.7 Å². The molecule has 2 aromatic rings. The van der Waals surface area contributed by atoms with Gasteiger partial charge < -0.3 is 19.3 Å². The fraction of sp³-hybridized carbons (Fsp3) is 0.440. The number of nitrogens with zero attached hydrogens (tertiary/aromatic N) is 1. The van der Waals surface area contributed by atoms with Gasteiger partial charge in [0.1, 0.15) is 24.7 Å². The molecule has 1 aliphatic heterocycles. The van der Waals surface area contributed by atoms with Crippen molar-refractivity contribution in [3.05, 3.63) is 53.6 Å². The summed E-state index contributed by atoms with van der Waals surface area (Å²) in [5.41, 5.74) is 3.65. The van der Waals surface area contributed by atoms with E-state index in [0.717, 1.165) is 44.2 Å². The molecule has 0 bridgehead atoms. The maximum absolute atomic E-state index is 5.96. The molecule has 1 N–H and O–H groups in total. The Balaban J connectivity index is 1.46. The van der Waals surface area contributed by atoms with E-state index in [1.807, 2.05) is 12.1 Å². The smallest absolute Gasteiger partial charge is 0.149 e. The number of aryl methyl sites for hydroxylation is 1. The molecule has 0 aromatic heterocycles. The van der Waals surface area contributed by atoms with Gasteiger partial charge in [-0.1, -0.05) is 44.0 Å². The molecule has 1 fully saturated rings. The van der Waals surface area contributed by atoms with E-state index in [1.54, 1.807) is 7.11 Å². The Hall–Kier alpha value is -2.64. The van der Waals surface area contributed by atoms with Crippen LogP contribution in [0.25, 0.3) is 0 Å². The maximum Gasteiger partial charge on any atom is 0.149 e. The third-order valence-electron chi connectivity index (χ3n) is 5.45. The minimum atomic E-state index is 0.447. The maximum atomic E-state index is 5.96. The van der Waals surface area contributed by atoms with Gasteiger partial charge in [0.05, 0.1) is 39.0 Å².